The number of nitrogens with two attached hydrogens (primary N) is 1. The minimum atomic E-state index is -0.296. The first-order chi connectivity index (χ1) is 9.56. The third-order valence-corrected chi connectivity index (χ3v) is 3.51. The third kappa shape index (κ3) is 5.70. The first kappa shape index (κ1) is 16.6. The smallest absolute Gasteiger partial charge is 0.224 e. The minimum absolute atomic E-state index is 0.0635. The summed E-state index contributed by atoms with van der Waals surface area (Å²) in [6.45, 7) is 4.50. The van der Waals surface area contributed by atoms with Gasteiger partial charge in [0.15, 0.2) is 0 Å². The van der Waals surface area contributed by atoms with Crippen molar-refractivity contribution in [2.75, 3.05) is 11.9 Å². The molecule has 1 amide bonds. The molecule has 0 fully saturated rings. The fourth-order valence-corrected chi connectivity index (χ4v) is 2.31. The second-order valence-electron chi connectivity index (χ2n) is 5.28. The SMILES string of the molecule is CCCC(CCN)CCC(=O)Nc1ccc(C)c(F)c1. The Labute approximate surface area is 120 Å². The number of hydrogen-bond acceptors (Lipinski definition) is 2. The van der Waals surface area contributed by atoms with Gasteiger partial charge in [-0.25, -0.2) is 4.39 Å². The number of hydrogen-bond donors (Lipinski definition) is 2. The predicted molar refractivity (Wildman–Crippen MR) is 81.1 cm³/mol. The molecule has 1 aromatic rings. The predicted octanol–water partition coefficient (Wildman–Crippen LogP) is 3.62. The van der Waals surface area contributed by atoms with Crippen LogP contribution in [-0.2, 0) is 4.79 Å². The van der Waals surface area contributed by atoms with Gasteiger partial charge in [-0.2, -0.15) is 0 Å². The lowest BCUT2D eigenvalue weighted by Crippen LogP contribution is -2.15. The minimum Gasteiger partial charge on any atom is -0.330 e. The van der Waals surface area contributed by atoms with Crippen molar-refractivity contribution in [2.24, 2.45) is 11.7 Å². The molecular formula is C16H25FN2O. The number of carbonyl (C=O) groups is 1. The maximum atomic E-state index is 13.4. The van der Waals surface area contributed by atoms with Gasteiger partial charge in [-0.05, 0) is 49.9 Å². The van der Waals surface area contributed by atoms with E-state index in [-0.39, 0.29) is 11.7 Å². The number of aryl methyl sites for hydroxylation is 1. The van der Waals surface area contributed by atoms with Crippen LogP contribution in [0.5, 0.6) is 0 Å². The molecule has 1 unspecified atom stereocenters. The Morgan fingerprint density at radius 2 is 2.10 bits per heavy atom. The summed E-state index contributed by atoms with van der Waals surface area (Å²) in [5, 5.41) is 2.74. The fourth-order valence-electron chi connectivity index (χ4n) is 2.31. The van der Waals surface area contributed by atoms with Crippen LogP contribution in [0.4, 0.5) is 10.1 Å². The van der Waals surface area contributed by atoms with Gasteiger partial charge in [-0.3, -0.25) is 4.79 Å². The summed E-state index contributed by atoms with van der Waals surface area (Å²) in [6, 6.07) is 4.75. The number of benzene rings is 1. The van der Waals surface area contributed by atoms with Crippen molar-refractivity contribution in [1.29, 1.82) is 0 Å². The van der Waals surface area contributed by atoms with E-state index >= 15 is 0 Å². The van der Waals surface area contributed by atoms with Crippen molar-refractivity contribution in [3.8, 4) is 0 Å². The molecule has 1 atom stereocenters. The summed E-state index contributed by atoms with van der Waals surface area (Å²) in [5.41, 5.74) is 6.67. The lowest BCUT2D eigenvalue weighted by atomic mass is 9.94. The average molecular weight is 280 g/mol. The molecule has 4 heteroatoms. The Morgan fingerprint density at radius 1 is 1.35 bits per heavy atom. The van der Waals surface area contributed by atoms with E-state index in [1.54, 1.807) is 19.1 Å². The quantitative estimate of drug-likeness (QED) is 0.764. The molecule has 0 radical (unpaired) electrons. The van der Waals surface area contributed by atoms with Crippen LogP contribution >= 0.6 is 0 Å². The standard InChI is InChI=1S/C16H25FN2O/c1-3-4-13(9-10-18)6-8-16(20)19-14-7-5-12(2)15(17)11-14/h5,7,11,13H,3-4,6,8-10,18H2,1-2H3,(H,19,20). The number of anilines is 1. The topological polar surface area (TPSA) is 55.1 Å². The molecular weight excluding hydrogens is 255 g/mol. The van der Waals surface area contributed by atoms with Gasteiger partial charge in [-0.1, -0.05) is 25.8 Å². The highest BCUT2D eigenvalue weighted by atomic mass is 19.1. The number of rotatable bonds is 8. The number of nitrogens with one attached hydrogen (secondary N) is 1. The Bertz CT molecular complexity index is 428. The van der Waals surface area contributed by atoms with Crippen LogP contribution in [-0.4, -0.2) is 12.5 Å². The molecule has 0 spiro atoms. The van der Waals surface area contributed by atoms with Crippen LogP contribution in [0.1, 0.15) is 44.6 Å². The van der Waals surface area contributed by atoms with Crippen molar-refractivity contribution in [3.63, 3.8) is 0 Å². The Kier molecular flexibility index (Phi) is 7.23. The Morgan fingerprint density at radius 3 is 2.70 bits per heavy atom. The summed E-state index contributed by atoms with van der Waals surface area (Å²) in [7, 11) is 0. The number of amides is 1. The Hall–Kier alpha value is -1.42. The summed E-state index contributed by atoms with van der Waals surface area (Å²) in [4.78, 5) is 11.9. The van der Waals surface area contributed by atoms with Gasteiger partial charge in [0.05, 0.1) is 0 Å². The molecule has 0 aliphatic rings. The number of halogens is 1. The van der Waals surface area contributed by atoms with E-state index in [2.05, 4.69) is 12.2 Å². The van der Waals surface area contributed by atoms with Crippen molar-refractivity contribution >= 4 is 11.6 Å². The van der Waals surface area contributed by atoms with E-state index in [1.807, 2.05) is 0 Å². The van der Waals surface area contributed by atoms with Crippen molar-refractivity contribution in [2.45, 2.75) is 46.0 Å². The van der Waals surface area contributed by atoms with Crippen molar-refractivity contribution < 1.29 is 9.18 Å². The molecule has 0 heterocycles. The molecule has 0 bridgehead atoms. The van der Waals surface area contributed by atoms with Crippen LogP contribution in [0.2, 0.25) is 0 Å². The Balaban J connectivity index is 2.44. The van der Waals surface area contributed by atoms with Crippen LogP contribution in [0.25, 0.3) is 0 Å². The molecule has 1 aromatic carbocycles. The highest BCUT2D eigenvalue weighted by Gasteiger charge is 2.10. The maximum absolute atomic E-state index is 13.4. The van der Waals surface area contributed by atoms with E-state index in [1.165, 1.54) is 6.07 Å². The van der Waals surface area contributed by atoms with Crippen LogP contribution < -0.4 is 11.1 Å². The van der Waals surface area contributed by atoms with Gasteiger partial charge in [0.25, 0.3) is 0 Å². The summed E-state index contributed by atoms with van der Waals surface area (Å²) >= 11 is 0. The van der Waals surface area contributed by atoms with Gasteiger partial charge < -0.3 is 11.1 Å². The van der Waals surface area contributed by atoms with Crippen molar-refractivity contribution in [1.82, 2.24) is 0 Å². The molecule has 0 aromatic heterocycles. The molecule has 112 valence electrons. The molecule has 0 saturated carbocycles. The lowest BCUT2D eigenvalue weighted by molar-refractivity contribution is -0.116. The molecule has 0 aliphatic carbocycles. The van der Waals surface area contributed by atoms with E-state index in [9.17, 15) is 9.18 Å². The van der Waals surface area contributed by atoms with Gasteiger partial charge >= 0.3 is 0 Å². The third-order valence-electron chi connectivity index (χ3n) is 3.51. The maximum Gasteiger partial charge on any atom is 0.224 e. The molecule has 0 aliphatic heterocycles. The van der Waals surface area contributed by atoms with E-state index in [4.69, 9.17) is 5.73 Å². The monoisotopic (exact) mass is 280 g/mol. The summed E-state index contributed by atoms with van der Waals surface area (Å²) in [6.07, 6.45) is 4.46. The zero-order chi connectivity index (χ0) is 15.0. The molecule has 3 N–H and O–H groups in total. The fraction of sp³-hybridized carbons (Fsp3) is 0.562. The van der Waals surface area contributed by atoms with E-state index in [0.717, 1.165) is 25.7 Å². The first-order valence-electron chi connectivity index (χ1n) is 7.32. The molecule has 20 heavy (non-hydrogen) atoms. The summed E-state index contributed by atoms with van der Waals surface area (Å²) < 4.78 is 13.4. The highest BCUT2D eigenvalue weighted by Crippen LogP contribution is 2.18. The van der Waals surface area contributed by atoms with Crippen LogP contribution in [0.3, 0.4) is 0 Å². The van der Waals surface area contributed by atoms with Gasteiger partial charge in [0.1, 0.15) is 5.82 Å². The van der Waals surface area contributed by atoms with E-state index < -0.39 is 0 Å². The molecule has 1 rings (SSSR count). The lowest BCUT2D eigenvalue weighted by Gasteiger charge is -2.14. The highest BCUT2D eigenvalue weighted by molar-refractivity contribution is 5.90. The second kappa shape index (κ2) is 8.69. The zero-order valence-electron chi connectivity index (χ0n) is 12.4. The van der Waals surface area contributed by atoms with Crippen LogP contribution in [0.15, 0.2) is 18.2 Å². The second-order valence-corrected chi connectivity index (χ2v) is 5.28. The average Bonchev–Trinajstić information content (AvgIpc) is 2.41. The van der Waals surface area contributed by atoms with Gasteiger partial charge in [0.2, 0.25) is 5.91 Å². The van der Waals surface area contributed by atoms with Gasteiger partial charge in [-0.15, -0.1) is 0 Å². The normalized spacial score (nSPS) is 12.2. The van der Waals surface area contributed by atoms with E-state index in [0.29, 0.717) is 30.1 Å². The van der Waals surface area contributed by atoms with Crippen molar-refractivity contribution in [3.05, 3.63) is 29.6 Å². The summed E-state index contributed by atoms with van der Waals surface area (Å²) in [5.74, 6) is 0.145. The van der Waals surface area contributed by atoms with Crippen LogP contribution in [0, 0.1) is 18.7 Å². The molecule has 3 nitrogen and oxygen atoms in total. The first-order valence-corrected chi connectivity index (χ1v) is 7.32. The molecule has 0 saturated heterocycles. The van der Waals surface area contributed by atoms with Gasteiger partial charge in [0, 0.05) is 12.1 Å². The largest absolute Gasteiger partial charge is 0.330 e. The zero-order valence-corrected chi connectivity index (χ0v) is 12.4. The number of carbonyl (C=O) groups excluding carboxylic acids is 1.